The number of rotatable bonds is 2. The average molecular weight is 384 g/mol. The molecule has 24 heavy (non-hydrogen) atoms. The van der Waals surface area contributed by atoms with Gasteiger partial charge in [0.05, 0.1) is 20.1 Å². The van der Waals surface area contributed by atoms with E-state index < -0.39 is 0 Å². The van der Waals surface area contributed by atoms with Crippen molar-refractivity contribution < 1.29 is 5.21 Å². The van der Waals surface area contributed by atoms with Crippen molar-refractivity contribution in [1.29, 1.82) is 0 Å². The van der Waals surface area contributed by atoms with Crippen molar-refractivity contribution in [2.75, 3.05) is 0 Å². The number of pyridine rings is 1. The van der Waals surface area contributed by atoms with Crippen molar-refractivity contribution in [3.63, 3.8) is 0 Å². The smallest absolute Gasteiger partial charge is 0.237 e. The van der Waals surface area contributed by atoms with Crippen LogP contribution in [0.5, 0.6) is 0 Å². The molecule has 9 heteroatoms. The van der Waals surface area contributed by atoms with Crippen LogP contribution in [0.15, 0.2) is 28.5 Å². The Bertz CT molecular complexity index is 833. The molecule has 1 unspecified atom stereocenters. The fourth-order valence-electron chi connectivity index (χ4n) is 2.88. The second kappa shape index (κ2) is 7.06. The van der Waals surface area contributed by atoms with E-state index in [9.17, 15) is 0 Å². The van der Waals surface area contributed by atoms with Gasteiger partial charge in [0.25, 0.3) is 0 Å². The van der Waals surface area contributed by atoms with Gasteiger partial charge >= 0.3 is 0 Å². The Morgan fingerprint density at radius 2 is 2.25 bits per heavy atom. The fourth-order valence-corrected chi connectivity index (χ4v) is 4.51. The van der Waals surface area contributed by atoms with Gasteiger partial charge in [-0.05, 0) is 48.9 Å². The minimum atomic E-state index is -0.177. The van der Waals surface area contributed by atoms with Gasteiger partial charge in [-0.1, -0.05) is 23.2 Å². The lowest BCUT2D eigenvalue weighted by molar-refractivity contribution is 0.232. The highest BCUT2D eigenvalue weighted by molar-refractivity contribution is 7.20. The first-order chi connectivity index (χ1) is 11.5. The van der Waals surface area contributed by atoms with Crippen LogP contribution < -0.4 is 11.2 Å². The van der Waals surface area contributed by atoms with Gasteiger partial charge in [0.15, 0.2) is 0 Å². The predicted molar refractivity (Wildman–Crippen MR) is 97.5 cm³/mol. The third kappa shape index (κ3) is 3.39. The number of aryl methyl sites for hydroxylation is 1. The first-order valence-electron chi connectivity index (χ1n) is 7.19. The van der Waals surface area contributed by atoms with Gasteiger partial charge in [-0.2, -0.15) is 5.10 Å². The van der Waals surface area contributed by atoms with Crippen LogP contribution in [0.1, 0.15) is 34.7 Å². The molecule has 2 heterocycles. The third-order valence-electron chi connectivity index (χ3n) is 3.92. The lowest BCUT2D eigenvalue weighted by Crippen LogP contribution is -2.28. The number of thiophene rings is 1. The first kappa shape index (κ1) is 17.2. The predicted octanol–water partition coefficient (Wildman–Crippen LogP) is 3.49. The molecule has 1 atom stereocenters. The lowest BCUT2D eigenvalue weighted by atomic mass is 9.81. The van der Waals surface area contributed by atoms with Crippen molar-refractivity contribution >= 4 is 46.2 Å². The van der Waals surface area contributed by atoms with E-state index in [2.05, 4.69) is 15.2 Å². The van der Waals surface area contributed by atoms with Crippen LogP contribution in [0.3, 0.4) is 0 Å². The number of fused-ring (bicyclic) bond motifs is 1. The summed E-state index contributed by atoms with van der Waals surface area (Å²) in [6.07, 6.45) is 3.16. The van der Waals surface area contributed by atoms with E-state index in [0.29, 0.717) is 15.1 Å². The summed E-state index contributed by atoms with van der Waals surface area (Å²) < 4.78 is 1.34. The molecule has 0 saturated heterocycles. The Kier molecular flexibility index (Phi) is 5.05. The van der Waals surface area contributed by atoms with Gasteiger partial charge in [-0.25, -0.2) is 5.48 Å². The van der Waals surface area contributed by atoms with Crippen molar-refractivity contribution in [2.24, 2.45) is 15.9 Å². The number of nitrogens with zero attached hydrogens (tertiary/aromatic N) is 3. The zero-order valence-electron chi connectivity index (χ0n) is 12.8. The molecule has 0 bridgehead atoms. The molecule has 126 valence electrons. The number of nitrogens with one attached hydrogen (secondary N) is 1. The SMILES string of the molecule is Cc1ccnc2c1/C(=N\N=C(N)NO)CC(c1cc(Cl)sc1Cl)C2. The maximum atomic E-state index is 8.77. The molecule has 1 aliphatic rings. The van der Waals surface area contributed by atoms with Gasteiger partial charge < -0.3 is 5.73 Å². The number of aromatic nitrogens is 1. The van der Waals surface area contributed by atoms with Crippen LogP contribution in [0.25, 0.3) is 0 Å². The summed E-state index contributed by atoms with van der Waals surface area (Å²) in [4.78, 5) is 4.49. The Balaban J connectivity index is 2.06. The van der Waals surface area contributed by atoms with Gasteiger partial charge in [-0.3, -0.25) is 10.2 Å². The number of nitrogens with two attached hydrogens (primary N) is 1. The summed E-state index contributed by atoms with van der Waals surface area (Å²) in [6, 6.07) is 3.82. The molecule has 1 aliphatic carbocycles. The standard InChI is InChI=1S/C15H15Cl2N5OS/c1-7-2-3-19-10-4-8(9-6-12(16)24-14(9)17)5-11(13(7)10)20-21-15(18)22-23/h2-3,6,8,23H,4-5H2,1H3,(H3,18,21,22)/b20-11-. The second-order valence-electron chi connectivity index (χ2n) is 5.48. The van der Waals surface area contributed by atoms with Crippen molar-refractivity contribution in [3.05, 3.63) is 49.4 Å². The number of hydroxylamine groups is 1. The minimum Gasteiger partial charge on any atom is -0.367 e. The van der Waals surface area contributed by atoms with Crippen LogP contribution in [0, 0.1) is 6.92 Å². The van der Waals surface area contributed by atoms with Crippen LogP contribution in [0.2, 0.25) is 8.67 Å². The molecule has 2 aromatic rings. The molecule has 0 fully saturated rings. The summed E-state index contributed by atoms with van der Waals surface area (Å²) in [7, 11) is 0. The van der Waals surface area contributed by atoms with Crippen molar-refractivity contribution in [1.82, 2.24) is 10.5 Å². The molecule has 0 aromatic carbocycles. The topological polar surface area (TPSA) is 95.9 Å². The summed E-state index contributed by atoms with van der Waals surface area (Å²) in [6.45, 7) is 2.00. The zero-order valence-corrected chi connectivity index (χ0v) is 15.1. The molecule has 0 amide bonds. The van der Waals surface area contributed by atoms with E-state index in [1.807, 2.05) is 19.1 Å². The minimum absolute atomic E-state index is 0.111. The van der Waals surface area contributed by atoms with Gasteiger partial charge in [0.2, 0.25) is 5.96 Å². The Hall–Kier alpha value is -1.67. The molecule has 3 rings (SSSR count). The van der Waals surface area contributed by atoms with E-state index in [1.165, 1.54) is 11.3 Å². The van der Waals surface area contributed by atoms with E-state index >= 15 is 0 Å². The summed E-state index contributed by atoms with van der Waals surface area (Å²) >= 11 is 13.8. The van der Waals surface area contributed by atoms with E-state index in [4.69, 9.17) is 34.1 Å². The number of hydrogen-bond acceptors (Lipinski definition) is 5. The highest BCUT2D eigenvalue weighted by Crippen LogP contribution is 2.41. The highest BCUT2D eigenvalue weighted by Gasteiger charge is 2.29. The summed E-state index contributed by atoms with van der Waals surface area (Å²) in [5, 5.41) is 16.8. The maximum absolute atomic E-state index is 8.77. The Labute approximate surface area is 153 Å². The first-order valence-corrected chi connectivity index (χ1v) is 8.76. The quantitative estimate of drug-likeness (QED) is 0.420. The van der Waals surface area contributed by atoms with E-state index in [0.717, 1.165) is 34.5 Å². The zero-order chi connectivity index (χ0) is 17.3. The number of halogens is 2. The molecule has 2 aromatic heterocycles. The van der Waals surface area contributed by atoms with Crippen LogP contribution in [-0.2, 0) is 6.42 Å². The molecule has 6 nitrogen and oxygen atoms in total. The normalized spacial score (nSPS) is 19.4. The van der Waals surface area contributed by atoms with E-state index in [-0.39, 0.29) is 11.9 Å². The third-order valence-corrected chi connectivity index (χ3v) is 5.44. The van der Waals surface area contributed by atoms with Crippen molar-refractivity contribution in [2.45, 2.75) is 25.7 Å². The molecule has 0 spiro atoms. The molecule has 4 N–H and O–H groups in total. The van der Waals surface area contributed by atoms with Crippen LogP contribution >= 0.6 is 34.5 Å². The Morgan fingerprint density at radius 1 is 1.46 bits per heavy atom. The lowest BCUT2D eigenvalue weighted by Gasteiger charge is -2.25. The molecular weight excluding hydrogens is 369 g/mol. The summed E-state index contributed by atoms with van der Waals surface area (Å²) in [5.41, 5.74) is 11.9. The Morgan fingerprint density at radius 3 is 2.92 bits per heavy atom. The molecule has 0 aliphatic heterocycles. The van der Waals surface area contributed by atoms with Crippen molar-refractivity contribution in [3.8, 4) is 0 Å². The highest BCUT2D eigenvalue weighted by atomic mass is 35.5. The van der Waals surface area contributed by atoms with E-state index in [1.54, 1.807) is 11.7 Å². The second-order valence-corrected chi connectivity index (χ2v) is 7.76. The van der Waals surface area contributed by atoms with Gasteiger partial charge in [-0.15, -0.1) is 16.4 Å². The molecule has 0 saturated carbocycles. The number of hydrogen-bond donors (Lipinski definition) is 3. The monoisotopic (exact) mass is 383 g/mol. The van der Waals surface area contributed by atoms with Gasteiger partial charge in [0.1, 0.15) is 0 Å². The summed E-state index contributed by atoms with van der Waals surface area (Å²) in [5.74, 6) is -0.0652. The maximum Gasteiger partial charge on any atom is 0.237 e. The average Bonchev–Trinajstić information content (AvgIpc) is 2.90. The van der Waals surface area contributed by atoms with Crippen LogP contribution in [-0.4, -0.2) is 21.9 Å². The van der Waals surface area contributed by atoms with Crippen LogP contribution in [0.4, 0.5) is 0 Å². The number of guanidine groups is 1. The largest absolute Gasteiger partial charge is 0.367 e. The molecule has 0 radical (unpaired) electrons. The van der Waals surface area contributed by atoms with Gasteiger partial charge in [0, 0.05) is 11.8 Å². The molecular formula is C15H15Cl2N5OS. The fraction of sp³-hybridized carbons (Fsp3) is 0.267.